The van der Waals surface area contributed by atoms with Crippen LogP contribution in [-0.4, -0.2) is 38.9 Å². The second-order valence-electron chi connectivity index (χ2n) is 8.13. The Morgan fingerprint density at radius 1 is 0.579 bits per heavy atom. The van der Waals surface area contributed by atoms with Crippen molar-refractivity contribution in [1.29, 1.82) is 0 Å². The van der Waals surface area contributed by atoms with Crippen molar-refractivity contribution in [2.45, 2.75) is 9.79 Å². The number of sulfonamides is 2. The molecular weight excluding hydrogens is 536 g/mol. The van der Waals surface area contributed by atoms with E-state index >= 15 is 0 Å². The quantitative estimate of drug-likeness (QED) is 0.193. The number of nitrogens with one attached hydrogen (secondary N) is 2. The molecule has 0 aliphatic carbocycles. The molecule has 0 aliphatic heterocycles. The number of carbonyl (C=O) groups excluding carboxylic acids is 2. The molecule has 8 N–H and O–H groups in total. The van der Waals surface area contributed by atoms with Crippen LogP contribution in [-0.2, 0) is 20.0 Å². The van der Waals surface area contributed by atoms with Crippen LogP contribution < -0.4 is 20.9 Å². The van der Waals surface area contributed by atoms with E-state index in [0.29, 0.717) is 10.8 Å². The van der Waals surface area contributed by atoms with Gasteiger partial charge in [-0.3, -0.25) is 9.59 Å². The number of anilines is 2. The minimum atomic E-state index is -4.02. The molecule has 4 aromatic rings. The van der Waals surface area contributed by atoms with E-state index in [9.17, 15) is 36.6 Å². The van der Waals surface area contributed by atoms with Gasteiger partial charge in [0.1, 0.15) is 11.5 Å². The predicted octanol–water partition coefficient (Wildman–Crippen LogP) is 2.05. The van der Waals surface area contributed by atoms with E-state index in [1.807, 2.05) is 0 Å². The monoisotopic (exact) mass is 556 g/mol. The molecule has 0 saturated heterocycles. The van der Waals surface area contributed by atoms with Crippen molar-refractivity contribution >= 4 is 54.0 Å². The van der Waals surface area contributed by atoms with E-state index in [-0.39, 0.29) is 32.3 Å². The second kappa shape index (κ2) is 9.75. The largest absolute Gasteiger partial charge is 0.506 e. The van der Waals surface area contributed by atoms with Gasteiger partial charge < -0.3 is 20.8 Å². The average molecular weight is 557 g/mol. The Hall–Kier alpha value is -4.50. The highest BCUT2D eigenvalue weighted by Gasteiger charge is 2.16. The van der Waals surface area contributed by atoms with Gasteiger partial charge in [-0.25, -0.2) is 27.1 Å². The summed E-state index contributed by atoms with van der Waals surface area (Å²) in [5.74, 6) is -2.12. The molecule has 4 aromatic carbocycles. The summed E-state index contributed by atoms with van der Waals surface area (Å²) in [6.45, 7) is 0. The van der Waals surface area contributed by atoms with Gasteiger partial charge >= 0.3 is 0 Å². The first kappa shape index (κ1) is 26.6. The highest BCUT2D eigenvalue weighted by molar-refractivity contribution is 7.89. The number of phenols is 2. The maximum atomic E-state index is 12.7. The zero-order valence-electron chi connectivity index (χ0n) is 19.2. The topological polar surface area (TPSA) is 219 Å². The van der Waals surface area contributed by atoms with Crippen molar-refractivity contribution in [3.63, 3.8) is 0 Å². The fourth-order valence-corrected chi connectivity index (χ4v) is 4.57. The van der Waals surface area contributed by atoms with Crippen LogP contribution >= 0.6 is 0 Å². The van der Waals surface area contributed by atoms with Crippen LogP contribution in [0.15, 0.2) is 82.6 Å². The van der Waals surface area contributed by atoms with Crippen molar-refractivity contribution < 1.29 is 36.6 Å². The van der Waals surface area contributed by atoms with E-state index in [1.165, 1.54) is 24.3 Å². The molecule has 0 aromatic heterocycles. The Morgan fingerprint density at radius 2 is 0.947 bits per heavy atom. The smallest absolute Gasteiger partial charge is 0.255 e. The van der Waals surface area contributed by atoms with Crippen LogP contribution in [0.3, 0.4) is 0 Å². The summed E-state index contributed by atoms with van der Waals surface area (Å²) in [5.41, 5.74) is 0.415. The third-order valence-corrected chi connectivity index (χ3v) is 7.28. The Kier molecular flexibility index (Phi) is 6.82. The molecule has 196 valence electrons. The van der Waals surface area contributed by atoms with Gasteiger partial charge in [-0.15, -0.1) is 0 Å². The van der Waals surface area contributed by atoms with Crippen molar-refractivity contribution in [3.05, 3.63) is 83.9 Å². The summed E-state index contributed by atoms with van der Waals surface area (Å²) >= 11 is 0. The highest BCUT2D eigenvalue weighted by Crippen LogP contribution is 2.28. The maximum absolute atomic E-state index is 12.7. The van der Waals surface area contributed by atoms with Crippen LogP contribution in [0.5, 0.6) is 11.5 Å². The van der Waals surface area contributed by atoms with E-state index in [0.717, 1.165) is 24.3 Å². The molecule has 0 heterocycles. The second-order valence-corrected chi connectivity index (χ2v) is 11.3. The number of rotatable bonds is 6. The van der Waals surface area contributed by atoms with Crippen LogP contribution in [0.1, 0.15) is 20.7 Å². The fraction of sp³-hybridized carbons (Fsp3) is 0. The summed E-state index contributed by atoms with van der Waals surface area (Å²) in [7, 11) is -8.05. The SMILES string of the molecule is NS(=O)(=O)c1ccc(NC(=O)c2ccc3cc(C(=O)Nc4ccc(S(N)(=O)=O)cc4O)ccc3c2)c(O)c1. The van der Waals surface area contributed by atoms with Crippen molar-refractivity contribution in [2.75, 3.05) is 10.6 Å². The number of hydrogen-bond donors (Lipinski definition) is 6. The number of phenolic OH excluding ortho intramolecular Hbond substituents is 2. The fourth-order valence-electron chi connectivity index (χ4n) is 3.51. The normalized spacial score (nSPS) is 11.7. The van der Waals surface area contributed by atoms with E-state index in [2.05, 4.69) is 10.6 Å². The first-order chi connectivity index (χ1) is 17.7. The molecule has 0 radical (unpaired) electrons. The van der Waals surface area contributed by atoms with Gasteiger partial charge in [0.25, 0.3) is 11.8 Å². The lowest BCUT2D eigenvalue weighted by atomic mass is 10.0. The van der Waals surface area contributed by atoms with Gasteiger partial charge in [0, 0.05) is 23.3 Å². The number of amides is 2. The number of fused-ring (bicyclic) bond motifs is 1. The van der Waals surface area contributed by atoms with Crippen LogP contribution in [0.25, 0.3) is 10.8 Å². The van der Waals surface area contributed by atoms with E-state index in [4.69, 9.17) is 10.3 Å². The Bertz CT molecular complexity index is 1700. The summed E-state index contributed by atoms with van der Waals surface area (Å²) in [6.07, 6.45) is 0. The lowest BCUT2D eigenvalue weighted by Gasteiger charge is -2.11. The minimum absolute atomic E-state index is 0.0186. The molecule has 0 aliphatic rings. The zero-order valence-corrected chi connectivity index (χ0v) is 20.9. The molecule has 14 heteroatoms. The number of hydrogen-bond acceptors (Lipinski definition) is 8. The van der Waals surface area contributed by atoms with E-state index < -0.39 is 43.4 Å². The lowest BCUT2D eigenvalue weighted by molar-refractivity contribution is 0.101. The molecule has 12 nitrogen and oxygen atoms in total. The maximum Gasteiger partial charge on any atom is 0.255 e. The molecular formula is C24H20N4O8S2. The van der Waals surface area contributed by atoms with Crippen molar-refractivity contribution in [3.8, 4) is 11.5 Å². The highest BCUT2D eigenvalue weighted by atomic mass is 32.2. The van der Waals surface area contributed by atoms with Crippen LogP contribution in [0.4, 0.5) is 11.4 Å². The standard InChI is InChI=1S/C24H20N4O8S2/c25-37(33,34)17-5-7-19(21(29)11-17)27-23(31)15-3-1-13-9-16(4-2-14(13)10-15)24(32)28-20-8-6-18(12-22(20)30)38(26,35)36/h1-12,29-30H,(H,27,31)(H,28,32)(H2,25,33,34)(H2,26,35,36). The summed E-state index contributed by atoms with van der Waals surface area (Å²) < 4.78 is 45.6. The number of primary sulfonamides is 2. The van der Waals surface area contributed by atoms with Gasteiger partial charge in [0.15, 0.2) is 0 Å². The third kappa shape index (κ3) is 5.73. The molecule has 38 heavy (non-hydrogen) atoms. The van der Waals surface area contributed by atoms with Gasteiger partial charge in [-0.1, -0.05) is 12.1 Å². The molecule has 4 rings (SSSR count). The molecule has 0 spiro atoms. The number of carbonyl (C=O) groups is 2. The zero-order chi connectivity index (χ0) is 27.8. The lowest BCUT2D eigenvalue weighted by Crippen LogP contribution is -2.14. The third-order valence-electron chi connectivity index (χ3n) is 5.46. The molecule has 0 unspecified atom stereocenters. The molecule has 2 amide bonds. The first-order valence-corrected chi connectivity index (χ1v) is 13.7. The summed E-state index contributed by atoms with van der Waals surface area (Å²) in [4.78, 5) is 24.8. The molecule has 0 fully saturated rings. The van der Waals surface area contributed by atoms with Crippen LogP contribution in [0, 0.1) is 0 Å². The minimum Gasteiger partial charge on any atom is -0.506 e. The first-order valence-electron chi connectivity index (χ1n) is 10.6. The van der Waals surface area contributed by atoms with Crippen LogP contribution in [0.2, 0.25) is 0 Å². The van der Waals surface area contributed by atoms with E-state index in [1.54, 1.807) is 24.3 Å². The Morgan fingerprint density at radius 3 is 1.26 bits per heavy atom. The van der Waals surface area contributed by atoms with Gasteiger partial charge in [-0.2, -0.15) is 0 Å². The molecule has 0 bridgehead atoms. The Balaban J connectivity index is 1.52. The van der Waals surface area contributed by atoms with Gasteiger partial charge in [-0.05, 0) is 59.3 Å². The predicted molar refractivity (Wildman–Crippen MR) is 139 cm³/mol. The summed E-state index contributed by atoms with van der Waals surface area (Å²) in [6, 6.07) is 15.8. The molecule has 0 saturated carbocycles. The number of nitrogens with two attached hydrogens (primary N) is 2. The van der Waals surface area contributed by atoms with Gasteiger partial charge in [0.2, 0.25) is 20.0 Å². The van der Waals surface area contributed by atoms with Gasteiger partial charge in [0.05, 0.1) is 21.2 Å². The average Bonchev–Trinajstić information content (AvgIpc) is 2.84. The number of benzene rings is 4. The number of aromatic hydroxyl groups is 2. The molecule has 0 atom stereocenters. The Labute approximate surface area is 216 Å². The van der Waals surface area contributed by atoms with Crippen molar-refractivity contribution in [1.82, 2.24) is 0 Å². The van der Waals surface area contributed by atoms with Crippen molar-refractivity contribution in [2.24, 2.45) is 10.3 Å². The summed E-state index contributed by atoms with van der Waals surface area (Å²) in [5, 5.41) is 36.4.